The summed E-state index contributed by atoms with van der Waals surface area (Å²) in [6, 6.07) is 6.18. The van der Waals surface area contributed by atoms with Gasteiger partial charge in [0.2, 0.25) is 0 Å². The van der Waals surface area contributed by atoms with Gasteiger partial charge in [-0.15, -0.1) is 0 Å². The van der Waals surface area contributed by atoms with Gasteiger partial charge in [-0.05, 0) is 64.7 Å². The van der Waals surface area contributed by atoms with Crippen LogP contribution >= 0.6 is 0 Å². The molecule has 0 aliphatic rings. The standard InChI is InChI=1S/C21H26N6/c1-7-16(8-2)17-11-13(4)25-27-20(15(6)23-21(17)27)19-14(5)22-18-10-9-12(3)24-26(18)19/h9-11,16H,7-8H2,1-6H3. The number of rotatable bonds is 4. The molecule has 0 unspecified atom stereocenters. The zero-order valence-corrected chi connectivity index (χ0v) is 16.9. The van der Waals surface area contributed by atoms with Crippen LogP contribution in [0.4, 0.5) is 0 Å². The first-order valence-corrected chi connectivity index (χ1v) is 9.64. The first-order chi connectivity index (χ1) is 12.9. The molecular weight excluding hydrogens is 336 g/mol. The highest BCUT2D eigenvalue weighted by molar-refractivity contribution is 5.70. The Hall–Kier alpha value is -2.76. The molecule has 4 aromatic heterocycles. The summed E-state index contributed by atoms with van der Waals surface area (Å²) >= 11 is 0. The van der Waals surface area contributed by atoms with Crippen LogP contribution in [0.25, 0.3) is 22.7 Å². The van der Waals surface area contributed by atoms with Gasteiger partial charge >= 0.3 is 0 Å². The lowest BCUT2D eigenvalue weighted by Gasteiger charge is -2.14. The van der Waals surface area contributed by atoms with E-state index < -0.39 is 0 Å². The van der Waals surface area contributed by atoms with Crippen LogP contribution in [-0.2, 0) is 0 Å². The SMILES string of the molecule is CCC(CC)c1cc(C)nn2c(-c3c(C)nc4ccc(C)nn34)c(C)nc12. The minimum Gasteiger partial charge on any atom is -0.232 e. The summed E-state index contributed by atoms with van der Waals surface area (Å²) in [7, 11) is 0. The Morgan fingerprint density at radius 2 is 1.44 bits per heavy atom. The lowest BCUT2D eigenvalue weighted by atomic mass is 9.95. The third-order valence-electron chi connectivity index (χ3n) is 5.34. The Labute approximate surface area is 159 Å². The summed E-state index contributed by atoms with van der Waals surface area (Å²) in [6.45, 7) is 12.6. The smallest absolute Gasteiger partial charge is 0.158 e. The molecule has 0 N–H and O–H groups in total. The first-order valence-electron chi connectivity index (χ1n) is 9.64. The van der Waals surface area contributed by atoms with Crippen molar-refractivity contribution in [3.05, 3.63) is 46.5 Å². The average Bonchev–Trinajstić information content (AvgIpc) is 3.11. The van der Waals surface area contributed by atoms with E-state index in [9.17, 15) is 0 Å². The highest BCUT2D eigenvalue weighted by Crippen LogP contribution is 2.32. The fourth-order valence-electron chi connectivity index (χ4n) is 3.99. The molecular formula is C21H26N6. The van der Waals surface area contributed by atoms with E-state index in [2.05, 4.69) is 19.9 Å². The maximum Gasteiger partial charge on any atom is 0.158 e. The third-order valence-corrected chi connectivity index (χ3v) is 5.34. The van der Waals surface area contributed by atoms with E-state index in [1.165, 1.54) is 5.56 Å². The molecule has 0 radical (unpaired) electrons. The van der Waals surface area contributed by atoms with Crippen molar-refractivity contribution in [2.45, 2.75) is 60.3 Å². The van der Waals surface area contributed by atoms with Gasteiger partial charge in [-0.2, -0.15) is 10.2 Å². The molecule has 4 heterocycles. The summed E-state index contributed by atoms with van der Waals surface area (Å²) in [4.78, 5) is 9.63. The van der Waals surface area contributed by atoms with Crippen molar-refractivity contribution in [3.8, 4) is 11.4 Å². The quantitative estimate of drug-likeness (QED) is 0.533. The molecule has 0 atom stereocenters. The minimum absolute atomic E-state index is 0.479. The second kappa shape index (κ2) is 6.44. The van der Waals surface area contributed by atoms with Gasteiger partial charge < -0.3 is 0 Å². The van der Waals surface area contributed by atoms with Gasteiger partial charge in [-0.25, -0.2) is 19.0 Å². The van der Waals surface area contributed by atoms with Crippen molar-refractivity contribution in [2.24, 2.45) is 0 Å². The molecule has 0 saturated heterocycles. The van der Waals surface area contributed by atoms with Crippen LogP contribution in [0, 0.1) is 27.7 Å². The molecule has 0 saturated carbocycles. The van der Waals surface area contributed by atoms with Crippen LogP contribution in [0.5, 0.6) is 0 Å². The number of hydrogen-bond acceptors (Lipinski definition) is 4. The summed E-state index contributed by atoms with van der Waals surface area (Å²) in [6.07, 6.45) is 2.18. The van der Waals surface area contributed by atoms with Crippen LogP contribution in [0.3, 0.4) is 0 Å². The van der Waals surface area contributed by atoms with E-state index >= 15 is 0 Å². The van der Waals surface area contributed by atoms with Crippen molar-refractivity contribution in [1.29, 1.82) is 0 Å². The van der Waals surface area contributed by atoms with Crippen molar-refractivity contribution < 1.29 is 0 Å². The molecule has 6 heteroatoms. The van der Waals surface area contributed by atoms with Crippen molar-refractivity contribution >= 4 is 11.3 Å². The van der Waals surface area contributed by atoms with Crippen LogP contribution in [0.2, 0.25) is 0 Å². The Kier molecular flexibility index (Phi) is 4.21. The molecule has 0 aromatic carbocycles. The number of nitrogens with zero attached hydrogens (tertiary/aromatic N) is 6. The molecule has 0 aliphatic carbocycles. The summed E-state index contributed by atoms with van der Waals surface area (Å²) in [5.41, 5.74) is 8.85. The van der Waals surface area contributed by atoms with Crippen molar-refractivity contribution in [3.63, 3.8) is 0 Å². The number of aryl methyl sites for hydroxylation is 4. The fraction of sp³-hybridized carbons (Fsp3) is 0.429. The van der Waals surface area contributed by atoms with Gasteiger partial charge in [0.05, 0.1) is 22.8 Å². The Morgan fingerprint density at radius 3 is 2.15 bits per heavy atom. The van der Waals surface area contributed by atoms with Gasteiger partial charge in [0, 0.05) is 5.56 Å². The van der Waals surface area contributed by atoms with E-state index in [1.807, 2.05) is 48.9 Å². The molecule has 4 rings (SSSR count). The molecule has 0 amide bonds. The van der Waals surface area contributed by atoms with E-state index in [-0.39, 0.29) is 0 Å². The van der Waals surface area contributed by atoms with Gasteiger partial charge in [0.25, 0.3) is 0 Å². The van der Waals surface area contributed by atoms with Crippen LogP contribution in [0.15, 0.2) is 18.2 Å². The fourth-order valence-corrected chi connectivity index (χ4v) is 3.99. The number of aromatic nitrogens is 6. The molecule has 27 heavy (non-hydrogen) atoms. The zero-order chi connectivity index (χ0) is 19.3. The van der Waals surface area contributed by atoms with Crippen LogP contribution in [-0.4, -0.2) is 29.2 Å². The van der Waals surface area contributed by atoms with Gasteiger partial charge in [0.1, 0.15) is 11.4 Å². The zero-order valence-electron chi connectivity index (χ0n) is 16.9. The van der Waals surface area contributed by atoms with E-state index in [0.717, 1.165) is 58.3 Å². The number of hydrogen-bond donors (Lipinski definition) is 0. The van der Waals surface area contributed by atoms with Gasteiger partial charge in [-0.3, -0.25) is 0 Å². The van der Waals surface area contributed by atoms with E-state index in [4.69, 9.17) is 20.2 Å². The molecule has 4 aromatic rings. The largest absolute Gasteiger partial charge is 0.232 e. The predicted molar refractivity (Wildman–Crippen MR) is 107 cm³/mol. The molecule has 0 spiro atoms. The maximum atomic E-state index is 4.93. The number of imidazole rings is 2. The van der Waals surface area contributed by atoms with Crippen LogP contribution in [0.1, 0.15) is 60.9 Å². The topological polar surface area (TPSA) is 60.4 Å². The molecule has 0 fully saturated rings. The Morgan fingerprint density at radius 1 is 0.815 bits per heavy atom. The Bertz CT molecular complexity index is 1150. The molecule has 6 nitrogen and oxygen atoms in total. The maximum absolute atomic E-state index is 4.93. The van der Waals surface area contributed by atoms with Crippen molar-refractivity contribution in [2.75, 3.05) is 0 Å². The molecule has 140 valence electrons. The van der Waals surface area contributed by atoms with Crippen molar-refractivity contribution in [1.82, 2.24) is 29.2 Å². The highest BCUT2D eigenvalue weighted by atomic mass is 15.3. The molecule has 0 bridgehead atoms. The normalized spacial score (nSPS) is 12.0. The predicted octanol–water partition coefficient (Wildman–Crippen LogP) is 4.58. The third kappa shape index (κ3) is 2.71. The van der Waals surface area contributed by atoms with E-state index in [0.29, 0.717) is 5.92 Å². The summed E-state index contributed by atoms with van der Waals surface area (Å²) in [5, 5.41) is 9.52. The van der Waals surface area contributed by atoms with Gasteiger partial charge in [0.15, 0.2) is 11.3 Å². The summed E-state index contributed by atoms with van der Waals surface area (Å²) in [5.74, 6) is 0.479. The Balaban J connectivity index is 2.09. The first kappa shape index (κ1) is 17.6. The summed E-state index contributed by atoms with van der Waals surface area (Å²) < 4.78 is 3.92. The molecule has 0 aliphatic heterocycles. The lowest BCUT2D eigenvalue weighted by Crippen LogP contribution is -2.06. The minimum atomic E-state index is 0.479. The average molecular weight is 362 g/mol. The highest BCUT2D eigenvalue weighted by Gasteiger charge is 2.23. The second-order valence-electron chi connectivity index (χ2n) is 7.33. The van der Waals surface area contributed by atoms with E-state index in [1.54, 1.807) is 0 Å². The number of fused-ring (bicyclic) bond motifs is 2. The van der Waals surface area contributed by atoms with Gasteiger partial charge in [-0.1, -0.05) is 13.8 Å². The monoisotopic (exact) mass is 362 g/mol. The van der Waals surface area contributed by atoms with Crippen LogP contribution < -0.4 is 0 Å². The lowest BCUT2D eigenvalue weighted by molar-refractivity contribution is 0.638. The second-order valence-corrected chi connectivity index (χ2v) is 7.33.